The van der Waals surface area contributed by atoms with Gasteiger partial charge in [-0.1, -0.05) is 13.0 Å². The zero-order valence-electron chi connectivity index (χ0n) is 12.7. The van der Waals surface area contributed by atoms with Crippen LogP contribution in [0.4, 0.5) is 0 Å². The van der Waals surface area contributed by atoms with Gasteiger partial charge in [0.25, 0.3) is 0 Å². The van der Waals surface area contributed by atoms with E-state index in [4.69, 9.17) is 5.73 Å². The van der Waals surface area contributed by atoms with Crippen molar-refractivity contribution in [3.63, 3.8) is 0 Å². The SMILES string of the molecule is CCN(Cc1cccc(C)n1)C(c1cc(Br)cs1)C(C)N. The fourth-order valence-electron chi connectivity index (χ4n) is 2.56. The maximum atomic E-state index is 6.27. The first-order valence-corrected chi connectivity index (χ1v) is 8.84. The Morgan fingerprint density at radius 3 is 2.71 bits per heavy atom. The van der Waals surface area contributed by atoms with E-state index in [0.29, 0.717) is 0 Å². The molecule has 0 spiro atoms. The molecule has 2 unspecified atom stereocenters. The van der Waals surface area contributed by atoms with Gasteiger partial charge in [0.15, 0.2) is 0 Å². The minimum atomic E-state index is 0.0697. The Morgan fingerprint density at radius 1 is 1.43 bits per heavy atom. The summed E-state index contributed by atoms with van der Waals surface area (Å²) in [4.78, 5) is 8.30. The summed E-state index contributed by atoms with van der Waals surface area (Å²) >= 11 is 5.29. The fraction of sp³-hybridized carbons (Fsp3) is 0.438. The Balaban J connectivity index is 2.24. The van der Waals surface area contributed by atoms with Gasteiger partial charge in [-0.25, -0.2) is 0 Å². The first-order valence-electron chi connectivity index (χ1n) is 7.17. The Hall–Kier alpha value is -0.750. The van der Waals surface area contributed by atoms with Crippen molar-refractivity contribution in [3.8, 4) is 0 Å². The third kappa shape index (κ3) is 4.36. The smallest absolute Gasteiger partial charge is 0.0594 e. The second-order valence-electron chi connectivity index (χ2n) is 5.30. The van der Waals surface area contributed by atoms with Crippen LogP contribution in [-0.4, -0.2) is 22.5 Å². The summed E-state index contributed by atoms with van der Waals surface area (Å²) in [6, 6.07) is 8.63. The molecular weight excluding hydrogens is 346 g/mol. The van der Waals surface area contributed by atoms with E-state index in [-0.39, 0.29) is 12.1 Å². The highest BCUT2D eigenvalue weighted by molar-refractivity contribution is 9.10. The number of aromatic nitrogens is 1. The number of aryl methyl sites for hydroxylation is 1. The van der Waals surface area contributed by atoms with Crippen molar-refractivity contribution >= 4 is 27.3 Å². The van der Waals surface area contributed by atoms with Crippen molar-refractivity contribution in [2.45, 2.75) is 39.4 Å². The predicted molar refractivity (Wildman–Crippen MR) is 93.5 cm³/mol. The lowest BCUT2D eigenvalue weighted by Gasteiger charge is -2.32. The lowest BCUT2D eigenvalue weighted by Crippen LogP contribution is -2.38. The van der Waals surface area contributed by atoms with E-state index in [1.807, 2.05) is 13.0 Å². The second-order valence-corrected chi connectivity index (χ2v) is 7.16. The van der Waals surface area contributed by atoms with Crippen molar-refractivity contribution in [1.29, 1.82) is 0 Å². The molecule has 0 amide bonds. The van der Waals surface area contributed by atoms with Crippen LogP contribution in [0.3, 0.4) is 0 Å². The quantitative estimate of drug-likeness (QED) is 0.834. The topological polar surface area (TPSA) is 42.2 Å². The van der Waals surface area contributed by atoms with Gasteiger partial charge in [-0.15, -0.1) is 11.3 Å². The monoisotopic (exact) mass is 367 g/mol. The van der Waals surface area contributed by atoms with Crippen LogP contribution < -0.4 is 5.73 Å². The lowest BCUT2D eigenvalue weighted by molar-refractivity contribution is 0.178. The van der Waals surface area contributed by atoms with Crippen molar-refractivity contribution in [3.05, 3.63) is 50.4 Å². The minimum absolute atomic E-state index is 0.0697. The van der Waals surface area contributed by atoms with Crippen molar-refractivity contribution < 1.29 is 0 Å². The maximum absolute atomic E-state index is 6.27. The largest absolute Gasteiger partial charge is 0.326 e. The highest BCUT2D eigenvalue weighted by Crippen LogP contribution is 2.32. The molecular formula is C16H22BrN3S. The zero-order valence-corrected chi connectivity index (χ0v) is 15.1. The van der Waals surface area contributed by atoms with Gasteiger partial charge >= 0.3 is 0 Å². The third-order valence-corrected chi connectivity index (χ3v) is 5.25. The molecule has 5 heteroatoms. The molecule has 2 aromatic heterocycles. The van der Waals surface area contributed by atoms with Crippen LogP contribution in [0.2, 0.25) is 0 Å². The molecule has 0 aliphatic heterocycles. The summed E-state index contributed by atoms with van der Waals surface area (Å²) in [5.74, 6) is 0. The van der Waals surface area contributed by atoms with Gasteiger partial charge in [-0.2, -0.15) is 0 Å². The number of pyridine rings is 1. The molecule has 2 aromatic rings. The molecule has 0 saturated heterocycles. The summed E-state index contributed by atoms with van der Waals surface area (Å²) in [6.45, 7) is 8.04. The summed E-state index contributed by atoms with van der Waals surface area (Å²) in [6.07, 6.45) is 0. The van der Waals surface area contributed by atoms with Crippen LogP contribution in [0.1, 0.15) is 36.2 Å². The molecule has 0 fully saturated rings. The van der Waals surface area contributed by atoms with Crippen molar-refractivity contribution in [2.24, 2.45) is 5.73 Å². The molecule has 0 aromatic carbocycles. The maximum Gasteiger partial charge on any atom is 0.0594 e. The van der Waals surface area contributed by atoms with Gasteiger partial charge in [0.1, 0.15) is 0 Å². The van der Waals surface area contributed by atoms with E-state index < -0.39 is 0 Å². The average molecular weight is 368 g/mol. The van der Waals surface area contributed by atoms with Crippen molar-refractivity contribution in [1.82, 2.24) is 9.88 Å². The van der Waals surface area contributed by atoms with Crippen LogP contribution in [0.25, 0.3) is 0 Å². The molecule has 2 N–H and O–H groups in total. The first kappa shape index (κ1) is 16.6. The molecule has 0 radical (unpaired) electrons. The van der Waals surface area contributed by atoms with E-state index >= 15 is 0 Å². The standard InChI is InChI=1S/C16H22BrN3S/c1-4-20(9-14-7-5-6-11(2)19-14)16(12(3)18)15-8-13(17)10-21-15/h5-8,10,12,16H,4,9,18H2,1-3H3. The molecule has 114 valence electrons. The van der Waals surface area contributed by atoms with Gasteiger partial charge in [0, 0.05) is 33.0 Å². The molecule has 2 atom stereocenters. The summed E-state index contributed by atoms with van der Waals surface area (Å²) in [7, 11) is 0. The number of thiophene rings is 1. The van der Waals surface area contributed by atoms with E-state index in [9.17, 15) is 0 Å². The first-order chi connectivity index (χ1) is 10.0. The Kier molecular flexibility index (Phi) is 5.93. The van der Waals surface area contributed by atoms with E-state index in [1.165, 1.54) is 4.88 Å². The number of halogens is 1. The lowest BCUT2D eigenvalue weighted by atomic mass is 10.1. The fourth-order valence-corrected chi connectivity index (χ4v) is 4.25. The van der Waals surface area contributed by atoms with Crippen LogP contribution in [-0.2, 0) is 6.54 Å². The number of hydrogen-bond donors (Lipinski definition) is 1. The molecule has 0 aliphatic carbocycles. The number of rotatable bonds is 6. The third-order valence-electron chi connectivity index (χ3n) is 3.49. The van der Waals surface area contributed by atoms with Gasteiger partial charge < -0.3 is 5.73 Å². The van der Waals surface area contributed by atoms with Gasteiger partial charge in [0.05, 0.1) is 11.7 Å². The molecule has 2 rings (SSSR count). The van der Waals surface area contributed by atoms with Gasteiger partial charge in [-0.05, 0) is 54.5 Å². The predicted octanol–water partition coefficient (Wildman–Crippen LogP) is 4.12. The highest BCUT2D eigenvalue weighted by atomic mass is 79.9. The summed E-state index contributed by atoms with van der Waals surface area (Å²) in [5, 5.41) is 2.11. The molecule has 21 heavy (non-hydrogen) atoms. The molecule has 0 bridgehead atoms. The highest BCUT2D eigenvalue weighted by Gasteiger charge is 2.25. The zero-order chi connectivity index (χ0) is 15.4. The number of nitrogens with two attached hydrogens (primary N) is 1. The molecule has 2 heterocycles. The Morgan fingerprint density at radius 2 is 2.19 bits per heavy atom. The summed E-state index contributed by atoms with van der Waals surface area (Å²) < 4.78 is 1.12. The van der Waals surface area contributed by atoms with Gasteiger partial charge in [0.2, 0.25) is 0 Å². The van der Waals surface area contributed by atoms with Crippen molar-refractivity contribution in [2.75, 3.05) is 6.54 Å². The Labute approximate surface area is 139 Å². The summed E-state index contributed by atoms with van der Waals surface area (Å²) in [5.41, 5.74) is 8.42. The molecule has 0 aliphatic rings. The molecule has 0 saturated carbocycles. The number of likely N-dealkylation sites (N-methyl/N-ethyl adjacent to an activating group) is 1. The van der Waals surface area contributed by atoms with Crippen LogP contribution in [0, 0.1) is 6.92 Å². The van der Waals surface area contributed by atoms with Crippen LogP contribution in [0.15, 0.2) is 34.1 Å². The molecule has 3 nitrogen and oxygen atoms in total. The van der Waals surface area contributed by atoms with Gasteiger partial charge in [-0.3, -0.25) is 9.88 Å². The second kappa shape index (κ2) is 7.49. The van der Waals surface area contributed by atoms with E-state index in [0.717, 1.165) is 29.0 Å². The Bertz CT molecular complexity index is 582. The number of hydrogen-bond acceptors (Lipinski definition) is 4. The number of nitrogens with zero attached hydrogens (tertiary/aromatic N) is 2. The average Bonchev–Trinajstić information content (AvgIpc) is 2.84. The minimum Gasteiger partial charge on any atom is -0.326 e. The van der Waals surface area contributed by atoms with Crippen LogP contribution >= 0.6 is 27.3 Å². The van der Waals surface area contributed by atoms with Crippen LogP contribution in [0.5, 0.6) is 0 Å². The van der Waals surface area contributed by atoms with E-state index in [2.05, 4.69) is 63.2 Å². The normalized spacial score (nSPS) is 14.4. The van der Waals surface area contributed by atoms with E-state index in [1.54, 1.807) is 11.3 Å².